The van der Waals surface area contributed by atoms with E-state index in [1.807, 2.05) is 0 Å². The first-order valence-corrected chi connectivity index (χ1v) is 5.98. The second-order valence-electron chi connectivity index (χ2n) is 4.53. The maximum absolute atomic E-state index is 5.58. The van der Waals surface area contributed by atoms with Gasteiger partial charge in [0.15, 0.2) is 0 Å². The number of rotatable bonds is 4. The van der Waals surface area contributed by atoms with Gasteiger partial charge in [0.1, 0.15) is 0 Å². The van der Waals surface area contributed by atoms with Gasteiger partial charge in [-0.3, -0.25) is 0 Å². The molecule has 0 aliphatic carbocycles. The van der Waals surface area contributed by atoms with E-state index in [1.165, 1.54) is 5.56 Å². The molecule has 0 atom stereocenters. The van der Waals surface area contributed by atoms with E-state index in [1.54, 1.807) is 0 Å². The van der Waals surface area contributed by atoms with E-state index in [-0.39, 0.29) is 5.54 Å². The Morgan fingerprint density at radius 1 is 1.40 bits per heavy atom. The predicted molar refractivity (Wildman–Crippen MR) is 70.3 cm³/mol. The van der Waals surface area contributed by atoms with Crippen LogP contribution in [0.1, 0.15) is 25.8 Å². The number of benzene rings is 1. The van der Waals surface area contributed by atoms with Gasteiger partial charge in [0.05, 0.1) is 0 Å². The standard InChI is InChI=1S/C12H19BrN2/c1-9-4-5-11(10(13)8-9)15-12(2,3)6-7-14/h4-5,8,15H,6-7,14H2,1-3H3. The molecule has 1 aromatic carbocycles. The molecule has 3 heteroatoms. The van der Waals surface area contributed by atoms with Crippen molar-refractivity contribution >= 4 is 21.6 Å². The fraction of sp³-hybridized carbons (Fsp3) is 0.500. The number of hydrogen-bond acceptors (Lipinski definition) is 2. The molecule has 84 valence electrons. The number of anilines is 1. The highest BCUT2D eigenvalue weighted by atomic mass is 79.9. The summed E-state index contributed by atoms with van der Waals surface area (Å²) in [6.45, 7) is 7.10. The van der Waals surface area contributed by atoms with Gasteiger partial charge in [0, 0.05) is 15.7 Å². The lowest BCUT2D eigenvalue weighted by Crippen LogP contribution is -2.33. The van der Waals surface area contributed by atoms with E-state index >= 15 is 0 Å². The van der Waals surface area contributed by atoms with Crippen LogP contribution in [-0.4, -0.2) is 12.1 Å². The van der Waals surface area contributed by atoms with Crippen LogP contribution in [0.2, 0.25) is 0 Å². The molecule has 0 spiro atoms. The third-order valence-corrected chi connectivity index (χ3v) is 3.02. The average molecular weight is 271 g/mol. The van der Waals surface area contributed by atoms with Gasteiger partial charge in [-0.2, -0.15) is 0 Å². The van der Waals surface area contributed by atoms with Gasteiger partial charge < -0.3 is 11.1 Å². The topological polar surface area (TPSA) is 38.0 Å². The zero-order valence-electron chi connectivity index (χ0n) is 9.60. The normalized spacial score (nSPS) is 11.5. The van der Waals surface area contributed by atoms with Crippen LogP contribution >= 0.6 is 15.9 Å². The van der Waals surface area contributed by atoms with E-state index < -0.39 is 0 Å². The Hall–Kier alpha value is -0.540. The van der Waals surface area contributed by atoms with Gasteiger partial charge >= 0.3 is 0 Å². The van der Waals surface area contributed by atoms with Gasteiger partial charge in [0.2, 0.25) is 0 Å². The largest absolute Gasteiger partial charge is 0.379 e. The average Bonchev–Trinajstić information content (AvgIpc) is 2.09. The summed E-state index contributed by atoms with van der Waals surface area (Å²) in [5.41, 5.74) is 7.99. The lowest BCUT2D eigenvalue weighted by Gasteiger charge is -2.27. The van der Waals surface area contributed by atoms with Crippen molar-refractivity contribution in [1.29, 1.82) is 0 Å². The van der Waals surface area contributed by atoms with Crippen molar-refractivity contribution in [1.82, 2.24) is 0 Å². The molecule has 0 aliphatic heterocycles. The van der Waals surface area contributed by atoms with E-state index in [9.17, 15) is 0 Å². The fourth-order valence-corrected chi connectivity index (χ4v) is 2.10. The Bertz CT molecular complexity index is 334. The Labute approximate surface area is 100 Å². The number of nitrogens with one attached hydrogen (secondary N) is 1. The molecule has 0 unspecified atom stereocenters. The van der Waals surface area contributed by atoms with Crippen LogP contribution in [0.15, 0.2) is 22.7 Å². The van der Waals surface area contributed by atoms with Crippen LogP contribution in [-0.2, 0) is 0 Å². The van der Waals surface area contributed by atoms with Crippen LogP contribution in [0.3, 0.4) is 0 Å². The molecular formula is C12H19BrN2. The first-order valence-electron chi connectivity index (χ1n) is 5.19. The van der Waals surface area contributed by atoms with Crippen molar-refractivity contribution in [3.05, 3.63) is 28.2 Å². The van der Waals surface area contributed by atoms with Crippen LogP contribution in [0, 0.1) is 6.92 Å². The second-order valence-corrected chi connectivity index (χ2v) is 5.39. The highest BCUT2D eigenvalue weighted by Crippen LogP contribution is 2.27. The van der Waals surface area contributed by atoms with Crippen molar-refractivity contribution in [3.8, 4) is 0 Å². The molecule has 0 fully saturated rings. The molecule has 0 amide bonds. The van der Waals surface area contributed by atoms with Crippen LogP contribution in [0.4, 0.5) is 5.69 Å². The van der Waals surface area contributed by atoms with Crippen LogP contribution in [0.5, 0.6) is 0 Å². The van der Waals surface area contributed by atoms with E-state index in [4.69, 9.17) is 5.73 Å². The molecule has 0 saturated carbocycles. The van der Waals surface area contributed by atoms with Gasteiger partial charge in [-0.05, 0) is 67.4 Å². The molecular weight excluding hydrogens is 252 g/mol. The Balaban J connectivity index is 2.80. The fourth-order valence-electron chi connectivity index (χ4n) is 1.51. The molecule has 2 nitrogen and oxygen atoms in total. The summed E-state index contributed by atoms with van der Waals surface area (Å²) in [7, 11) is 0. The summed E-state index contributed by atoms with van der Waals surface area (Å²) in [4.78, 5) is 0. The number of aryl methyl sites for hydroxylation is 1. The minimum Gasteiger partial charge on any atom is -0.379 e. The summed E-state index contributed by atoms with van der Waals surface area (Å²) in [5.74, 6) is 0. The van der Waals surface area contributed by atoms with Crippen molar-refractivity contribution in [2.24, 2.45) is 5.73 Å². The van der Waals surface area contributed by atoms with Crippen molar-refractivity contribution in [2.75, 3.05) is 11.9 Å². The quantitative estimate of drug-likeness (QED) is 0.881. The van der Waals surface area contributed by atoms with Crippen LogP contribution in [0.25, 0.3) is 0 Å². The Kier molecular flexibility index (Phi) is 4.17. The van der Waals surface area contributed by atoms with Crippen LogP contribution < -0.4 is 11.1 Å². The zero-order valence-corrected chi connectivity index (χ0v) is 11.2. The summed E-state index contributed by atoms with van der Waals surface area (Å²) >= 11 is 3.56. The maximum atomic E-state index is 5.58. The SMILES string of the molecule is Cc1ccc(NC(C)(C)CCN)c(Br)c1. The third-order valence-electron chi connectivity index (χ3n) is 2.37. The lowest BCUT2D eigenvalue weighted by atomic mass is 10.0. The van der Waals surface area contributed by atoms with Gasteiger partial charge in [-0.25, -0.2) is 0 Å². The molecule has 0 saturated heterocycles. The van der Waals surface area contributed by atoms with Crippen molar-refractivity contribution in [3.63, 3.8) is 0 Å². The van der Waals surface area contributed by atoms with E-state index in [2.05, 4.69) is 60.2 Å². The highest BCUT2D eigenvalue weighted by Gasteiger charge is 2.16. The maximum Gasteiger partial charge on any atom is 0.0488 e. The third kappa shape index (κ3) is 3.84. The molecule has 0 heterocycles. The molecule has 0 aliphatic rings. The summed E-state index contributed by atoms with van der Waals surface area (Å²) < 4.78 is 1.10. The predicted octanol–water partition coefficient (Wildman–Crippen LogP) is 3.30. The minimum absolute atomic E-state index is 0.0343. The van der Waals surface area contributed by atoms with Gasteiger partial charge in [-0.15, -0.1) is 0 Å². The number of nitrogens with two attached hydrogens (primary N) is 1. The molecule has 0 bridgehead atoms. The smallest absolute Gasteiger partial charge is 0.0488 e. The first kappa shape index (κ1) is 12.5. The Morgan fingerprint density at radius 3 is 2.60 bits per heavy atom. The van der Waals surface area contributed by atoms with Gasteiger partial charge in [0.25, 0.3) is 0 Å². The summed E-state index contributed by atoms with van der Waals surface area (Å²) in [6, 6.07) is 6.31. The second kappa shape index (κ2) is 4.99. The first-order chi connectivity index (χ1) is 6.94. The lowest BCUT2D eigenvalue weighted by molar-refractivity contribution is 0.526. The summed E-state index contributed by atoms with van der Waals surface area (Å²) in [5, 5.41) is 3.49. The summed E-state index contributed by atoms with van der Waals surface area (Å²) in [6.07, 6.45) is 0.952. The minimum atomic E-state index is 0.0343. The van der Waals surface area contributed by atoms with E-state index in [0.717, 1.165) is 16.6 Å². The number of hydrogen-bond donors (Lipinski definition) is 2. The Morgan fingerprint density at radius 2 is 2.07 bits per heavy atom. The van der Waals surface area contributed by atoms with Gasteiger partial charge in [-0.1, -0.05) is 6.07 Å². The van der Waals surface area contributed by atoms with E-state index in [0.29, 0.717) is 6.54 Å². The molecule has 0 radical (unpaired) electrons. The molecule has 3 N–H and O–H groups in total. The molecule has 0 aromatic heterocycles. The highest BCUT2D eigenvalue weighted by molar-refractivity contribution is 9.10. The van der Waals surface area contributed by atoms with Crippen molar-refractivity contribution in [2.45, 2.75) is 32.7 Å². The molecule has 1 aromatic rings. The monoisotopic (exact) mass is 270 g/mol. The zero-order chi connectivity index (χ0) is 11.5. The number of halogens is 1. The van der Waals surface area contributed by atoms with Crippen molar-refractivity contribution < 1.29 is 0 Å². The molecule has 15 heavy (non-hydrogen) atoms. The molecule has 1 rings (SSSR count).